The molecule has 0 unspecified atom stereocenters. The molecule has 18 heavy (non-hydrogen) atoms. The van der Waals surface area contributed by atoms with Crippen LogP contribution in [0.15, 0.2) is 16.9 Å². The Morgan fingerprint density at radius 1 is 1.56 bits per heavy atom. The van der Waals surface area contributed by atoms with Gasteiger partial charge in [0.2, 0.25) is 0 Å². The molecule has 8 heteroatoms. The summed E-state index contributed by atoms with van der Waals surface area (Å²) in [5.41, 5.74) is 5.23. The number of halogens is 1. The molecule has 4 N–H and O–H groups in total. The third-order valence-electron chi connectivity index (χ3n) is 2.96. The van der Waals surface area contributed by atoms with Crippen LogP contribution in [0.2, 0.25) is 0 Å². The molecule has 0 aromatic rings. The molecular formula is C10H14FN3O4. The minimum absolute atomic E-state index is 0.143. The first-order valence-electron chi connectivity index (χ1n) is 5.44. The van der Waals surface area contributed by atoms with E-state index in [1.54, 1.807) is 6.92 Å². The van der Waals surface area contributed by atoms with Gasteiger partial charge in [-0.2, -0.15) is 4.99 Å². The van der Waals surface area contributed by atoms with Crippen LogP contribution in [0.5, 0.6) is 0 Å². The molecule has 0 aliphatic carbocycles. The van der Waals surface area contributed by atoms with Gasteiger partial charge in [0.05, 0.1) is 6.10 Å². The zero-order chi connectivity index (χ0) is 13.4. The zero-order valence-electron chi connectivity index (χ0n) is 9.65. The minimum Gasteiger partial charge on any atom is -0.388 e. The smallest absolute Gasteiger partial charge is 0.348 e. The fourth-order valence-corrected chi connectivity index (χ4v) is 1.88. The van der Waals surface area contributed by atoms with Crippen molar-refractivity contribution >= 4 is 11.9 Å². The third-order valence-corrected chi connectivity index (χ3v) is 2.96. The summed E-state index contributed by atoms with van der Waals surface area (Å²) in [6.07, 6.45) is -3.01. The van der Waals surface area contributed by atoms with E-state index >= 15 is 0 Å². The van der Waals surface area contributed by atoms with Gasteiger partial charge in [-0.25, -0.2) is 9.18 Å². The molecule has 0 spiro atoms. The van der Waals surface area contributed by atoms with Crippen molar-refractivity contribution in [3.8, 4) is 0 Å². The third kappa shape index (κ3) is 2.09. The Morgan fingerprint density at radius 2 is 2.22 bits per heavy atom. The van der Waals surface area contributed by atoms with E-state index in [0.29, 0.717) is 0 Å². The van der Waals surface area contributed by atoms with Crippen LogP contribution in [0, 0.1) is 0 Å². The Labute approximate surface area is 102 Å². The van der Waals surface area contributed by atoms with Gasteiger partial charge in [0.15, 0.2) is 17.9 Å². The molecule has 100 valence electrons. The molecule has 2 amide bonds. The molecule has 0 aromatic carbocycles. The predicted molar refractivity (Wildman–Crippen MR) is 59.3 cm³/mol. The number of amides is 2. The van der Waals surface area contributed by atoms with Gasteiger partial charge >= 0.3 is 6.03 Å². The second kappa shape index (κ2) is 4.63. The highest BCUT2D eigenvalue weighted by Crippen LogP contribution is 2.25. The van der Waals surface area contributed by atoms with Crippen molar-refractivity contribution in [3.63, 3.8) is 0 Å². The number of aliphatic hydroxyl groups is 2. The quantitative estimate of drug-likeness (QED) is 0.565. The van der Waals surface area contributed by atoms with E-state index < -0.39 is 42.2 Å². The number of carbonyl (C=O) groups excluding carboxylic acids is 1. The Hall–Kier alpha value is -1.51. The van der Waals surface area contributed by atoms with Crippen LogP contribution in [0.3, 0.4) is 0 Å². The highest BCUT2D eigenvalue weighted by Gasteiger charge is 2.45. The summed E-state index contributed by atoms with van der Waals surface area (Å²) >= 11 is 0. The first kappa shape index (κ1) is 12.9. The van der Waals surface area contributed by atoms with E-state index in [4.69, 9.17) is 10.5 Å². The average molecular weight is 259 g/mol. The molecule has 0 aromatic heterocycles. The van der Waals surface area contributed by atoms with Crippen molar-refractivity contribution in [2.24, 2.45) is 10.7 Å². The van der Waals surface area contributed by atoms with Crippen molar-refractivity contribution < 1.29 is 24.1 Å². The van der Waals surface area contributed by atoms with Crippen molar-refractivity contribution in [2.45, 2.75) is 31.5 Å². The van der Waals surface area contributed by atoms with Gasteiger partial charge in [-0.05, 0) is 13.0 Å². The predicted octanol–water partition coefficient (Wildman–Crippen LogP) is -0.901. The standard InChI is InChI=1S/C10H14FN3O4/c1-4-6(15)7(16)9(18-4)14-3-2-5(11)8(12)13-10(14)17/h2,4,6-7,9,15-16H,3H2,1H3,(H2,12,13,17)/t4-,6-,7-,9-/m1/s1. The largest absolute Gasteiger partial charge is 0.388 e. The van der Waals surface area contributed by atoms with Crippen LogP contribution in [0.1, 0.15) is 6.92 Å². The number of nitrogens with zero attached hydrogens (tertiary/aromatic N) is 2. The summed E-state index contributed by atoms with van der Waals surface area (Å²) in [6, 6.07) is -0.818. The number of ether oxygens (including phenoxy) is 1. The number of carbonyl (C=O) groups is 1. The van der Waals surface area contributed by atoms with E-state index in [1.807, 2.05) is 0 Å². The lowest BCUT2D eigenvalue weighted by atomic mass is 10.1. The van der Waals surface area contributed by atoms with Crippen LogP contribution in [0.4, 0.5) is 9.18 Å². The fourth-order valence-electron chi connectivity index (χ4n) is 1.88. The minimum atomic E-state index is -1.27. The highest BCUT2D eigenvalue weighted by molar-refractivity contribution is 6.02. The molecule has 2 aliphatic rings. The van der Waals surface area contributed by atoms with Gasteiger partial charge in [0, 0.05) is 6.54 Å². The topological polar surface area (TPSA) is 108 Å². The van der Waals surface area contributed by atoms with Crippen LogP contribution >= 0.6 is 0 Å². The van der Waals surface area contributed by atoms with Crippen LogP contribution < -0.4 is 5.73 Å². The van der Waals surface area contributed by atoms with E-state index in [1.165, 1.54) is 0 Å². The number of hydrogen-bond acceptors (Lipinski definition) is 5. The lowest BCUT2D eigenvalue weighted by Gasteiger charge is -2.26. The van der Waals surface area contributed by atoms with Crippen molar-refractivity contribution in [3.05, 3.63) is 11.9 Å². The number of nitrogens with two attached hydrogens (primary N) is 1. The van der Waals surface area contributed by atoms with E-state index in [9.17, 15) is 19.4 Å². The van der Waals surface area contributed by atoms with Crippen molar-refractivity contribution in [2.75, 3.05) is 6.54 Å². The first-order valence-corrected chi connectivity index (χ1v) is 5.44. The highest BCUT2D eigenvalue weighted by atomic mass is 19.1. The number of urea groups is 1. The molecule has 0 radical (unpaired) electrons. The number of aliphatic hydroxyl groups excluding tert-OH is 2. The second-order valence-electron chi connectivity index (χ2n) is 4.20. The van der Waals surface area contributed by atoms with Gasteiger partial charge in [-0.3, -0.25) is 4.90 Å². The molecule has 0 bridgehead atoms. The number of rotatable bonds is 1. The summed E-state index contributed by atoms with van der Waals surface area (Å²) in [7, 11) is 0. The Bertz CT molecular complexity index is 425. The average Bonchev–Trinajstić information content (AvgIpc) is 2.49. The van der Waals surface area contributed by atoms with Crippen LogP contribution in [0.25, 0.3) is 0 Å². The summed E-state index contributed by atoms with van der Waals surface area (Å²) in [4.78, 5) is 16.0. The van der Waals surface area contributed by atoms with Gasteiger partial charge in [0.1, 0.15) is 12.2 Å². The maximum atomic E-state index is 13.2. The number of amidine groups is 1. The van der Waals surface area contributed by atoms with Gasteiger partial charge in [0.25, 0.3) is 0 Å². The normalized spacial score (nSPS) is 37.3. The molecule has 4 atom stereocenters. The van der Waals surface area contributed by atoms with Gasteiger partial charge in [-0.15, -0.1) is 0 Å². The summed E-state index contributed by atoms with van der Waals surface area (Å²) in [5.74, 6) is -1.31. The van der Waals surface area contributed by atoms with E-state index in [-0.39, 0.29) is 6.54 Å². The zero-order valence-corrected chi connectivity index (χ0v) is 9.65. The van der Waals surface area contributed by atoms with Crippen LogP contribution in [-0.2, 0) is 4.74 Å². The maximum Gasteiger partial charge on any atom is 0.348 e. The lowest BCUT2D eigenvalue weighted by molar-refractivity contribution is -0.0603. The van der Waals surface area contributed by atoms with E-state index in [0.717, 1.165) is 11.0 Å². The van der Waals surface area contributed by atoms with Crippen molar-refractivity contribution in [1.29, 1.82) is 0 Å². The SMILES string of the molecule is C[C@H]1O[C@@H](N2CC=C(F)C(N)=NC2=O)[C@H](O)[C@@H]1O. The fraction of sp³-hybridized carbons (Fsp3) is 0.600. The Morgan fingerprint density at radius 3 is 2.78 bits per heavy atom. The van der Waals surface area contributed by atoms with E-state index in [2.05, 4.69) is 4.99 Å². The van der Waals surface area contributed by atoms with Crippen molar-refractivity contribution in [1.82, 2.24) is 4.90 Å². The molecule has 7 nitrogen and oxygen atoms in total. The summed E-state index contributed by atoms with van der Waals surface area (Å²) in [5, 5.41) is 19.3. The van der Waals surface area contributed by atoms with Crippen LogP contribution in [-0.4, -0.2) is 58.1 Å². The molecule has 2 aliphatic heterocycles. The van der Waals surface area contributed by atoms with Gasteiger partial charge < -0.3 is 20.7 Å². The van der Waals surface area contributed by atoms with Gasteiger partial charge in [-0.1, -0.05) is 0 Å². The first-order chi connectivity index (χ1) is 8.41. The summed E-state index contributed by atoms with van der Waals surface area (Å²) in [6.45, 7) is 1.42. The second-order valence-corrected chi connectivity index (χ2v) is 4.20. The molecule has 0 saturated carbocycles. The molecular weight excluding hydrogens is 245 g/mol. The molecule has 2 rings (SSSR count). The maximum absolute atomic E-state index is 13.2. The Kier molecular flexibility index (Phi) is 3.33. The number of hydrogen-bond donors (Lipinski definition) is 3. The lowest BCUT2D eigenvalue weighted by Crippen LogP contribution is -2.46. The molecule has 1 fully saturated rings. The number of aliphatic imine (C=N–C) groups is 1. The summed E-state index contributed by atoms with van der Waals surface area (Å²) < 4.78 is 18.5. The molecule has 2 heterocycles. The Balaban J connectivity index is 2.22. The monoisotopic (exact) mass is 259 g/mol. The molecule has 1 saturated heterocycles.